The number of hydrogen-bond donors (Lipinski definition) is 1. The average molecular weight is 270 g/mol. The lowest BCUT2D eigenvalue weighted by molar-refractivity contribution is 0.0685. The van der Waals surface area contributed by atoms with Gasteiger partial charge < -0.3 is 9.63 Å². The number of thioether (sulfide) groups is 1. The Kier molecular flexibility index (Phi) is 3.71. The molecule has 6 heteroatoms. The summed E-state index contributed by atoms with van der Waals surface area (Å²) in [4.78, 5) is 11.6. The van der Waals surface area contributed by atoms with E-state index < -0.39 is 5.97 Å². The summed E-state index contributed by atoms with van der Waals surface area (Å²) in [7, 11) is 0. The van der Waals surface area contributed by atoms with Gasteiger partial charge in [-0.1, -0.05) is 22.8 Å². The molecule has 0 aliphatic heterocycles. The van der Waals surface area contributed by atoms with E-state index >= 15 is 0 Å². The summed E-state index contributed by atoms with van der Waals surface area (Å²) >= 11 is 7.35. The Labute approximate surface area is 107 Å². The highest BCUT2D eigenvalue weighted by Gasteiger charge is 2.10. The van der Waals surface area contributed by atoms with Crippen LogP contribution < -0.4 is 0 Å². The van der Waals surface area contributed by atoms with Gasteiger partial charge in [0.2, 0.25) is 0 Å². The molecule has 0 aliphatic rings. The van der Waals surface area contributed by atoms with Gasteiger partial charge in [0.05, 0.1) is 5.75 Å². The highest BCUT2D eigenvalue weighted by Crippen LogP contribution is 2.25. The third-order valence-electron chi connectivity index (χ3n) is 1.96. The molecule has 17 heavy (non-hydrogen) atoms. The minimum atomic E-state index is -1.09. The maximum atomic E-state index is 10.6. The molecule has 0 atom stereocenters. The first-order valence-electron chi connectivity index (χ1n) is 4.72. The van der Waals surface area contributed by atoms with Crippen LogP contribution in [0.4, 0.5) is 0 Å². The van der Waals surface area contributed by atoms with E-state index in [0.717, 1.165) is 4.90 Å². The maximum Gasteiger partial charge on any atom is 0.358 e. The zero-order valence-corrected chi connectivity index (χ0v) is 10.2. The minimum Gasteiger partial charge on any atom is -0.476 e. The first kappa shape index (κ1) is 12.0. The smallest absolute Gasteiger partial charge is 0.358 e. The molecule has 0 fully saturated rings. The molecular weight excluding hydrogens is 262 g/mol. The Hall–Kier alpha value is -1.46. The lowest BCUT2D eigenvalue weighted by atomic mass is 10.4. The number of aromatic carboxylic acids is 1. The average Bonchev–Trinajstić information content (AvgIpc) is 2.75. The summed E-state index contributed by atoms with van der Waals surface area (Å²) in [6.07, 6.45) is 0. The van der Waals surface area contributed by atoms with Crippen molar-refractivity contribution in [1.29, 1.82) is 0 Å². The van der Waals surface area contributed by atoms with Crippen LogP contribution in [0.15, 0.2) is 39.8 Å². The highest BCUT2D eigenvalue weighted by atomic mass is 35.5. The number of benzene rings is 1. The Morgan fingerprint density at radius 3 is 2.94 bits per heavy atom. The molecule has 88 valence electrons. The second-order valence-electron chi connectivity index (χ2n) is 3.23. The van der Waals surface area contributed by atoms with Gasteiger partial charge >= 0.3 is 5.97 Å². The number of carbonyl (C=O) groups is 1. The van der Waals surface area contributed by atoms with Crippen molar-refractivity contribution in [1.82, 2.24) is 5.16 Å². The van der Waals surface area contributed by atoms with Crippen molar-refractivity contribution in [2.45, 2.75) is 10.6 Å². The van der Waals surface area contributed by atoms with Crippen LogP contribution in [0.5, 0.6) is 0 Å². The summed E-state index contributed by atoms with van der Waals surface area (Å²) in [6, 6.07) is 8.82. The van der Waals surface area contributed by atoms with Gasteiger partial charge in [-0.25, -0.2) is 4.79 Å². The third-order valence-corrected chi connectivity index (χ3v) is 3.21. The molecule has 0 saturated carbocycles. The fourth-order valence-electron chi connectivity index (χ4n) is 1.19. The number of carboxylic acid groups (broad SMARTS) is 1. The van der Waals surface area contributed by atoms with Gasteiger partial charge in [0, 0.05) is 16.0 Å². The zero-order valence-electron chi connectivity index (χ0n) is 8.59. The molecule has 0 saturated heterocycles. The number of rotatable bonds is 4. The number of carboxylic acids is 1. The van der Waals surface area contributed by atoms with E-state index in [-0.39, 0.29) is 5.69 Å². The lowest BCUT2D eigenvalue weighted by Crippen LogP contribution is -1.94. The molecule has 1 N–H and O–H groups in total. The number of halogens is 1. The topological polar surface area (TPSA) is 63.3 Å². The molecular formula is C11H8ClNO3S. The Balaban J connectivity index is 2.00. The molecule has 1 aromatic heterocycles. The monoisotopic (exact) mass is 269 g/mol. The Morgan fingerprint density at radius 1 is 1.47 bits per heavy atom. The Morgan fingerprint density at radius 2 is 2.29 bits per heavy atom. The summed E-state index contributed by atoms with van der Waals surface area (Å²) in [5.41, 5.74) is -0.0771. The van der Waals surface area contributed by atoms with E-state index in [2.05, 4.69) is 5.16 Å². The number of nitrogens with zero attached hydrogens (tertiary/aromatic N) is 1. The summed E-state index contributed by atoms with van der Waals surface area (Å²) in [6.45, 7) is 0. The molecule has 4 nitrogen and oxygen atoms in total. The molecule has 1 aromatic carbocycles. The second-order valence-corrected chi connectivity index (χ2v) is 4.71. The van der Waals surface area contributed by atoms with Gasteiger partial charge in [-0.3, -0.25) is 0 Å². The number of aromatic nitrogens is 1. The van der Waals surface area contributed by atoms with E-state index in [9.17, 15) is 4.79 Å². The van der Waals surface area contributed by atoms with Crippen molar-refractivity contribution >= 4 is 29.3 Å². The van der Waals surface area contributed by atoms with E-state index in [1.165, 1.54) is 17.8 Å². The quantitative estimate of drug-likeness (QED) is 0.863. The molecule has 0 aliphatic carbocycles. The molecule has 2 aromatic rings. The normalized spacial score (nSPS) is 10.4. The summed E-state index contributed by atoms with van der Waals surface area (Å²) in [5, 5.41) is 12.8. The van der Waals surface area contributed by atoms with E-state index in [1.54, 1.807) is 6.07 Å². The standard InChI is InChI=1S/C11H8ClNO3S/c12-7-2-1-3-9(4-7)17-6-8-5-10(11(14)15)13-16-8/h1-5H,6H2,(H,14,15). The van der Waals surface area contributed by atoms with Crippen molar-refractivity contribution in [2.75, 3.05) is 0 Å². The molecule has 0 unspecified atom stereocenters. The van der Waals surface area contributed by atoms with Crippen LogP contribution in [0.2, 0.25) is 5.02 Å². The molecule has 0 radical (unpaired) electrons. The van der Waals surface area contributed by atoms with Gasteiger partial charge in [0.25, 0.3) is 0 Å². The SMILES string of the molecule is O=C(O)c1cc(CSc2cccc(Cl)c2)on1. The first-order valence-corrected chi connectivity index (χ1v) is 6.09. The van der Waals surface area contributed by atoms with E-state index in [4.69, 9.17) is 21.2 Å². The van der Waals surface area contributed by atoms with Crippen molar-refractivity contribution in [3.63, 3.8) is 0 Å². The van der Waals surface area contributed by atoms with Gasteiger partial charge in [0.1, 0.15) is 5.76 Å². The van der Waals surface area contributed by atoms with Crippen LogP contribution in [0, 0.1) is 0 Å². The molecule has 0 amide bonds. The maximum absolute atomic E-state index is 10.6. The summed E-state index contributed by atoms with van der Waals surface area (Å²) in [5.74, 6) is -0.0548. The molecule has 0 spiro atoms. The van der Waals surface area contributed by atoms with Crippen LogP contribution in [-0.2, 0) is 5.75 Å². The minimum absolute atomic E-state index is 0.0771. The predicted octanol–water partition coefficient (Wildman–Crippen LogP) is 3.32. The predicted molar refractivity (Wildman–Crippen MR) is 64.5 cm³/mol. The largest absolute Gasteiger partial charge is 0.476 e. The van der Waals surface area contributed by atoms with Crippen LogP contribution in [0.1, 0.15) is 16.2 Å². The van der Waals surface area contributed by atoms with Crippen molar-refractivity contribution in [2.24, 2.45) is 0 Å². The van der Waals surface area contributed by atoms with Gasteiger partial charge in [-0.2, -0.15) is 0 Å². The fourth-order valence-corrected chi connectivity index (χ4v) is 2.28. The van der Waals surface area contributed by atoms with Crippen LogP contribution in [0.25, 0.3) is 0 Å². The highest BCUT2D eigenvalue weighted by molar-refractivity contribution is 7.98. The summed E-state index contributed by atoms with van der Waals surface area (Å²) < 4.78 is 4.89. The lowest BCUT2D eigenvalue weighted by Gasteiger charge is -1.98. The van der Waals surface area contributed by atoms with Crippen LogP contribution in [0.3, 0.4) is 0 Å². The zero-order chi connectivity index (χ0) is 12.3. The fraction of sp³-hybridized carbons (Fsp3) is 0.0909. The number of hydrogen-bond acceptors (Lipinski definition) is 4. The van der Waals surface area contributed by atoms with E-state index in [0.29, 0.717) is 16.5 Å². The van der Waals surface area contributed by atoms with Crippen LogP contribution >= 0.6 is 23.4 Å². The van der Waals surface area contributed by atoms with Crippen molar-refractivity contribution in [3.8, 4) is 0 Å². The van der Waals surface area contributed by atoms with Gasteiger partial charge in [-0.05, 0) is 18.2 Å². The molecule has 2 rings (SSSR count). The van der Waals surface area contributed by atoms with Crippen molar-refractivity contribution in [3.05, 3.63) is 46.8 Å². The van der Waals surface area contributed by atoms with Gasteiger partial charge in [0.15, 0.2) is 5.69 Å². The first-order chi connectivity index (χ1) is 8.15. The molecule has 0 bridgehead atoms. The Bertz CT molecular complexity index is 541. The van der Waals surface area contributed by atoms with Crippen LogP contribution in [-0.4, -0.2) is 16.2 Å². The van der Waals surface area contributed by atoms with Gasteiger partial charge in [-0.15, -0.1) is 11.8 Å². The molecule has 1 heterocycles. The van der Waals surface area contributed by atoms with Crippen molar-refractivity contribution < 1.29 is 14.4 Å². The van der Waals surface area contributed by atoms with E-state index in [1.807, 2.05) is 18.2 Å². The third kappa shape index (κ3) is 3.25. The second kappa shape index (κ2) is 5.25.